The number of rotatable bonds is 27. The van der Waals surface area contributed by atoms with Crippen LogP contribution in [-0.2, 0) is 75.2 Å². The van der Waals surface area contributed by atoms with E-state index in [2.05, 4.69) is 56.4 Å². The number of carbonyl (C=O) groups is 6. The molecule has 0 radical (unpaired) electrons. The number of halogens is 1. The van der Waals surface area contributed by atoms with Crippen LogP contribution in [0.3, 0.4) is 0 Å². The summed E-state index contributed by atoms with van der Waals surface area (Å²) in [5.41, 5.74) is 3.87. The van der Waals surface area contributed by atoms with Crippen LogP contribution in [0.4, 0.5) is 14.4 Å². The van der Waals surface area contributed by atoms with Gasteiger partial charge in [0.2, 0.25) is 5.91 Å². The molecule has 3 N–H and O–H groups in total. The second-order valence-corrected chi connectivity index (χ2v) is 35.2. The molecule has 84 heavy (non-hydrogen) atoms. The van der Waals surface area contributed by atoms with Crippen molar-refractivity contribution in [2.45, 2.75) is 154 Å². The predicted octanol–water partition coefficient (Wildman–Crippen LogP) is 12.4. The van der Waals surface area contributed by atoms with Crippen molar-refractivity contribution in [3.05, 3.63) is 160 Å². The Kier molecular flexibility index (Phi) is 25.0. The molecule has 0 fully saturated rings. The number of hydrogen-bond acceptors (Lipinski definition) is 13. The average Bonchev–Trinajstić information content (AvgIpc) is 2.61. The Morgan fingerprint density at radius 1 is 0.607 bits per heavy atom. The standard InChI is InChI=1S/C64H85ClN4O13Si2/c1-63(2,3)81-62(75)67-53(39-51(82-84(12,13)64(4,5)6)40-66-60(73)79-42-45-25-19-15-20-26-45)57(70)69(7)55(59(72)76-8)38-49-35-47(29-31-52(49)65)48-30-32-56(78-41-44-23-17-14-18-24-44)50(36-48)37-54(58(71)77-33-34-83(9,10)11)68-61(74)80-43-46-27-21-16-22-28-46/h14-32,35-36,51,53-55H,33-34,37-43H2,1-13H3,(H,66,73)(H,67,75)(H,68,74)/t51-,53+,54+,55+/m1/s1. The molecule has 0 aromatic heterocycles. The van der Waals surface area contributed by atoms with Gasteiger partial charge in [-0.3, -0.25) is 4.79 Å². The van der Waals surface area contributed by atoms with E-state index in [1.807, 2.05) is 116 Å². The molecule has 0 aliphatic carbocycles. The lowest BCUT2D eigenvalue weighted by Gasteiger charge is -2.40. The van der Waals surface area contributed by atoms with Gasteiger partial charge >= 0.3 is 30.2 Å². The molecule has 5 aromatic carbocycles. The summed E-state index contributed by atoms with van der Waals surface area (Å²) in [5.74, 6) is -1.63. The Morgan fingerprint density at radius 3 is 1.67 bits per heavy atom. The lowest BCUT2D eigenvalue weighted by atomic mass is 9.95. The van der Waals surface area contributed by atoms with E-state index in [0.717, 1.165) is 16.7 Å². The number of alkyl carbamates (subject to hydrolysis) is 3. The summed E-state index contributed by atoms with van der Waals surface area (Å²) >= 11 is 6.97. The second kappa shape index (κ2) is 31.1. The molecule has 5 rings (SSSR count). The maximum Gasteiger partial charge on any atom is 0.408 e. The summed E-state index contributed by atoms with van der Waals surface area (Å²) < 4.78 is 41.2. The quantitative estimate of drug-likeness (QED) is 0.0254. The van der Waals surface area contributed by atoms with Gasteiger partial charge in [-0.1, -0.05) is 155 Å². The summed E-state index contributed by atoms with van der Waals surface area (Å²) in [4.78, 5) is 84.5. The van der Waals surface area contributed by atoms with Gasteiger partial charge in [-0.2, -0.15) is 0 Å². The molecule has 4 atom stereocenters. The first kappa shape index (κ1) is 67.6. The van der Waals surface area contributed by atoms with Crippen molar-refractivity contribution in [3.63, 3.8) is 0 Å². The summed E-state index contributed by atoms with van der Waals surface area (Å²) in [6, 6.07) is 35.7. The fraction of sp³-hybridized carbons (Fsp3) is 0.438. The van der Waals surface area contributed by atoms with Gasteiger partial charge in [0, 0.05) is 46.0 Å². The van der Waals surface area contributed by atoms with Gasteiger partial charge in [0.15, 0.2) is 8.32 Å². The fourth-order valence-electron chi connectivity index (χ4n) is 8.38. The van der Waals surface area contributed by atoms with Crippen molar-refractivity contribution < 1.29 is 61.6 Å². The first-order valence-electron chi connectivity index (χ1n) is 28.2. The third kappa shape index (κ3) is 22.4. The van der Waals surface area contributed by atoms with Crippen LogP contribution >= 0.6 is 11.6 Å². The maximum absolute atomic E-state index is 15.1. The first-order chi connectivity index (χ1) is 39.5. The van der Waals surface area contributed by atoms with Gasteiger partial charge in [0.05, 0.1) is 19.8 Å². The van der Waals surface area contributed by atoms with Crippen LogP contribution in [0.2, 0.25) is 48.8 Å². The van der Waals surface area contributed by atoms with Crippen molar-refractivity contribution in [1.29, 1.82) is 0 Å². The molecule has 17 nitrogen and oxygen atoms in total. The molecule has 0 unspecified atom stereocenters. The van der Waals surface area contributed by atoms with E-state index in [1.54, 1.807) is 45.0 Å². The number of carbonyl (C=O) groups excluding carboxylic acids is 6. The molecule has 0 bridgehead atoms. The largest absolute Gasteiger partial charge is 0.489 e. The van der Waals surface area contributed by atoms with Crippen LogP contribution in [0.1, 0.15) is 75.8 Å². The molecule has 0 aliphatic heterocycles. The Balaban J connectivity index is 1.49. The monoisotopic (exact) mass is 1210 g/mol. The van der Waals surface area contributed by atoms with Crippen molar-refractivity contribution >= 4 is 64.1 Å². The summed E-state index contributed by atoms with van der Waals surface area (Å²) in [6.07, 6.45) is -3.56. The van der Waals surface area contributed by atoms with Crippen molar-refractivity contribution in [2.24, 2.45) is 0 Å². The van der Waals surface area contributed by atoms with Crippen LogP contribution in [0, 0.1) is 0 Å². The van der Waals surface area contributed by atoms with E-state index >= 15 is 4.79 Å². The second-order valence-electron chi connectivity index (χ2n) is 24.4. The first-order valence-corrected chi connectivity index (χ1v) is 35.2. The predicted molar refractivity (Wildman–Crippen MR) is 331 cm³/mol. The average molecular weight is 1210 g/mol. The number of amides is 4. The summed E-state index contributed by atoms with van der Waals surface area (Å²) in [7, 11) is -1.58. The van der Waals surface area contributed by atoms with Gasteiger partial charge in [-0.05, 0) is 108 Å². The number of esters is 2. The van der Waals surface area contributed by atoms with E-state index in [9.17, 15) is 24.0 Å². The Morgan fingerprint density at radius 2 is 1.13 bits per heavy atom. The van der Waals surface area contributed by atoms with Crippen LogP contribution in [0.15, 0.2) is 127 Å². The Labute approximate surface area is 502 Å². The van der Waals surface area contributed by atoms with E-state index in [1.165, 1.54) is 19.1 Å². The zero-order chi connectivity index (χ0) is 61.8. The molecular weight excluding hydrogens is 1120 g/mol. The van der Waals surface area contributed by atoms with Gasteiger partial charge in [-0.25, -0.2) is 24.0 Å². The molecule has 0 saturated heterocycles. The highest BCUT2D eigenvalue weighted by molar-refractivity contribution is 6.76. The van der Waals surface area contributed by atoms with E-state index in [0.29, 0.717) is 34.0 Å². The van der Waals surface area contributed by atoms with Crippen LogP contribution in [0.25, 0.3) is 11.1 Å². The highest BCUT2D eigenvalue weighted by Crippen LogP contribution is 2.38. The van der Waals surface area contributed by atoms with Gasteiger partial charge in [-0.15, -0.1) is 0 Å². The summed E-state index contributed by atoms with van der Waals surface area (Å²) in [5, 5.41) is 8.28. The number of nitrogens with zero attached hydrogens (tertiary/aromatic N) is 1. The van der Waals surface area contributed by atoms with Crippen molar-refractivity contribution in [2.75, 3.05) is 27.3 Å². The van der Waals surface area contributed by atoms with E-state index in [4.69, 9.17) is 44.4 Å². The lowest BCUT2D eigenvalue weighted by molar-refractivity contribution is -0.152. The number of benzene rings is 5. The molecule has 20 heteroatoms. The number of hydrogen-bond donors (Lipinski definition) is 3. The molecule has 5 aromatic rings. The highest BCUT2D eigenvalue weighted by atomic mass is 35.5. The molecule has 0 aliphatic rings. The van der Waals surface area contributed by atoms with E-state index < -0.39 is 82.3 Å². The van der Waals surface area contributed by atoms with Crippen molar-refractivity contribution in [3.8, 4) is 16.9 Å². The molecule has 0 heterocycles. The minimum atomic E-state index is -2.62. The zero-order valence-electron chi connectivity index (χ0n) is 50.9. The number of nitrogens with one attached hydrogen (secondary N) is 3. The molecule has 4 amide bonds. The molecule has 0 spiro atoms. The van der Waals surface area contributed by atoms with Gasteiger partial charge in [0.1, 0.15) is 49.3 Å². The zero-order valence-corrected chi connectivity index (χ0v) is 53.7. The topological polar surface area (TPSA) is 206 Å². The smallest absolute Gasteiger partial charge is 0.408 e. The lowest BCUT2D eigenvalue weighted by Crippen LogP contribution is -2.56. The number of likely N-dealkylation sites (N-methyl/N-ethyl adjacent to an activating group) is 1. The Hall–Kier alpha value is -7.20. The van der Waals surface area contributed by atoms with Gasteiger partial charge < -0.3 is 53.7 Å². The maximum atomic E-state index is 15.1. The molecule has 454 valence electrons. The van der Waals surface area contributed by atoms with Crippen LogP contribution < -0.4 is 20.7 Å². The van der Waals surface area contributed by atoms with Crippen LogP contribution in [-0.4, -0.2) is 115 Å². The number of methoxy groups -OCH3 is 1. The third-order valence-electron chi connectivity index (χ3n) is 14.1. The van der Waals surface area contributed by atoms with Crippen LogP contribution in [0.5, 0.6) is 5.75 Å². The minimum absolute atomic E-state index is 0.0195. The SMILES string of the molecule is COC(=O)[C@H](Cc1cc(-c2ccc(OCc3ccccc3)c(C[C@H](NC(=O)OCc3ccccc3)C(=O)OCC[Si](C)(C)C)c2)ccc1Cl)N(C)C(=O)[C@H](C[C@H](CNC(=O)OCc1ccccc1)O[Si](C)(C)C(C)(C)C)NC(=O)OC(C)(C)C. The normalized spacial score (nSPS) is 13.2. The number of ether oxygens (including phenoxy) is 6. The third-order valence-corrected chi connectivity index (χ3v) is 20.7. The fourth-order valence-corrected chi connectivity index (χ4v) is 10.7. The van der Waals surface area contributed by atoms with Gasteiger partial charge in [0.25, 0.3) is 0 Å². The van der Waals surface area contributed by atoms with Crippen molar-refractivity contribution in [1.82, 2.24) is 20.9 Å². The molecule has 0 saturated carbocycles. The van der Waals surface area contributed by atoms with E-state index in [-0.39, 0.29) is 62.3 Å². The Bertz CT molecular complexity index is 2970. The summed E-state index contributed by atoms with van der Waals surface area (Å²) in [6.45, 7) is 22.2. The highest BCUT2D eigenvalue weighted by Gasteiger charge is 2.42. The minimum Gasteiger partial charge on any atom is -0.489 e. The molecular formula is C64H85ClN4O13Si2.